The molecule has 0 aliphatic rings. The van der Waals surface area contributed by atoms with Crippen LogP contribution in [0.3, 0.4) is 0 Å². The van der Waals surface area contributed by atoms with Crippen LogP contribution in [0.5, 0.6) is 0 Å². The van der Waals surface area contributed by atoms with Crippen LogP contribution < -0.4 is 10.9 Å². The van der Waals surface area contributed by atoms with Gasteiger partial charge in [0, 0.05) is 37.5 Å². The number of aromatic amines is 1. The highest BCUT2D eigenvalue weighted by Crippen LogP contribution is 2.25. The number of aromatic nitrogens is 3. The smallest absolute Gasteiger partial charge is 0.323 e. The molecule has 0 aliphatic heterocycles. The molecule has 2 aromatic heterocycles. The lowest BCUT2D eigenvalue weighted by Gasteiger charge is -2.17. The second-order valence-corrected chi connectivity index (χ2v) is 7.24. The molecular formula is C21H27ClN4O5. The van der Waals surface area contributed by atoms with Crippen molar-refractivity contribution in [3.8, 4) is 11.4 Å². The highest BCUT2D eigenvalue weighted by atomic mass is 35.5. The Morgan fingerprint density at radius 3 is 2.71 bits per heavy atom. The third-order valence-electron chi connectivity index (χ3n) is 4.95. The molecule has 2 unspecified atom stereocenters. The third-order valence-corrected chi connectivity index (χ3v) is 4.95. The molecule has 0 bridgehead atoms. The number of carbonyl (C=O) groups is 1. The molecule has 168 valence electrons. The number of nitrogens with one attached hydrogen (secondary N) is 2. The van der Waals surface area contributed by atoms with Gasteiger partial charge in [-0.2, -0.15) is 0 Å². The highest BCUT2D eigenvalue weighted by molar-refractivity contribution is 5.85. The van der Waals surface area contributed by atoms with Crippen LogP contribution in [0.4, 0.5) is 0 Å². The molecule has 10 heteroatoms. The van der Waals surface area contributed by atoms with E-state index in [9.17, 15) is 19.8 Å². The van der Waals surface area contributed by atoms with Gasteiger partial charge in [0.05, 0.1) is 23.7 Å². The van der Waals surface area contributed by atoms with Crippen molar-refractivity contribution in [2.45, 2.75) is 39.1 Å². The van der Waals surface area contributed by atoms with Gasteiger partial charge in [0.25, 0.3) is 5.56 Å². The number of aliphatic carboxylic acids is 1. The summed E-state index contributed by atoms with van der Waals surface area (Å²) in [6, 6.07) is 6.44. The Morgan fingerprint density at radius 1 is 1.35 bits per heavy atom. The van der Waals surface area contributed by atoms with Crippen LogP contribution in [0, 0.1) is 6.92 Å². The average Bonchev–Trinajstić information content (AvgIpc) is 3.05. The molecule has 31 heavy (non-hydrogen) atoms. The molecule has 3 aromatic rings. The molecular weight excluding hydrogens is 424 g/mol. The molecule has 2 atom stereocenters. The zero-order valence-electron chi connectivity index (χ0n) is 17.6. The van der Waals surface area contributed by atoms with Crippen molar-refractivity contribution >= 4 is 29.4 Å². The molecule has 0 fully saturated rings. The van der Waals surface area contributed by atoms with E-state index in [0.29, 0.717) is 24.5 Å². The molecule has 0 spiro atoms. The zero-order chi connectivity index (χ0) is 21.8. The van der Waals surface area contributed by atoms with Crippen LogP contribution in [0.15, 0.2) is 35.3 Å². The van der Waals surface area contributed by atoms with Crippen molar-refractivity contribution in [2.24, 2.45) is 0 Å². The topological polar surface area (TPSA) is 129 Å². The fourth-order valence-electron chi connectivity index (χ4n) is 3.33. The molecule has 3 rings (SSSR count). The van der Waals surface area contributed by atoms with Gasteiger partial charge in [0.2, 0.25) is 0 Å². The van der Waals surface area contributed by atoms with Crippen LogP contribution in [0.2, 0.25) is 0 Å². The first-order valence-electron chi connectivity index (χ1n) is 9.64. The van der Waals surface area contributed by atoms with Gasteiger partial charge in [-0.15, -0.1) is 12.4 Å². The van der Waals surface area contributed by atoms with Gasteiger partial charge in [-0.1, -0.05) is 6.07 Å². The second-order valence-electron chi connectivity index (χ2n) is 7.24. The molecule has 0 saturated heterocycles. The number of aliphatic hydroxyl groups excluding tert-OH is 1. The number of methoxy groups -OCH3 is 1. The molecule has 4 N–H and O–H groups in total. The van der Waals surface area contributed by atoms with E-state index < -0.39 is 18.1 Å². The van der Waals surface area contributed by atoms with E-state index >= 15 is 0 Å². The molecule has 1 aromatic carbocycles. The summed E-state index contributed by atoms with van der Waals surface area (Å²) < 4.78 is 7.26. The predicted octanol–water partition coefficient (Wildman–Crippen LogP) is 1.69. The fourth-order valence-corrected chi connectivity index (χ4v) is 3.33. The maximum absolute atomic E-state index is 11.7. The largest absolute Gasteiger partial charge is 0.480 e. The minimum Gasteiger partial charge on any atom is -0.480 e. The van der Waals surface area contributed by atoms with E-state index in [1.165, 1.54) is 6.92 Å². The van der Waals surface area contributed by atoms with Crippen molar-refractivity contribution in [1.82, 2.24) is 19.9 Å². The van der Waals surface area contributed by atoms with Crippen LogP contribution >= 0.6 is 12.4 Å². The number of carboxylic acids is 1. The Bertz CT molecular complexity index is 1110. The number of rotatable bonds is 9. The minimum absolute atomic E-state index is 0. The van der Waals surface area contributed by atoms with Crippen LogP contribution in [-0.2, 0) is 22.6 Å². The number of aryl methyl sites for hydroxylation is 1. The maximum atomic E-state index is 11.7. The van der Waals surface area contributed by atoms with Crippen LogP contribution in [0.1, 0.15) is 18.1 Å². The Morgan fingerprint density at radius 2 is 2.10 bits per heavy atom. The second kappa shape index (κ2) is 10.5. The molecule has 0 saturated carbocycles. The Hall–Kier alpha value is -2.72. The summed E-state index contributed by atoms with van der Waals surface area (Å²) in [4.78, 5) is 30.5. The van der Waals surface area contributed by atoms with Gasteiger partial charge < -0.3 is 24.5 Å². The van der Waals surface area contributed by atoms with Gasteiger partial charge in [-0.05, 0) is 37.6 Å². The lowest BCUT2D eigenvalue weighted by molar-refractivity contribution is -0.142. The molecule has 0 amide bonds. The van der Waals surface area contributed by atoms with Crippen LogP contribution in [-0.4, -0.2) is 56.6 Å². The number of pyridine rings is 1. The number of fused-ring (bicyclic) bond motifs is 1. The van der Waals surface area contributed by atoms with E-state index in [1.807, 2.05) is 22.8 Å². The van der Waals surface area contributed by atoms with Crippen molar-refractivity contribution in [3.05, 3.63) is 51.9 Å². The lowest BCUT2D eigenvalue weighted by Crippen LogP contribution is -2.44. The van der Waals surface area contributed by atoms with E-state index in [2.05, 4.69) is 10.3 Å². The molecule has 0 aliphatic carbocycles. The van der Waals surface area contributed by atoms with Gasteiger partial charge in [0.1, 0.15) is 11.9 Å². The number of hydrogen-bond acceptors (Lipinski definition) is 6. The third kappa shape index (κ3) is 5.50. The van der Waals surface area contributed by atoms with E-state index in [4.69, 9.17) is 9.72 Å². The van der Waals surface area contributed by atoms with Crippen molar-refractivity contribution < 1.29 is 19.7 Å². The first kappa shape index (κ1) is 24.5. The average molecular weight is 451 g/mol. The van der Waals surface area contributed by atoms with Crippen molar-refractivity contribution in [1.29, 1.82) is 0 Å². The number of hydrogen-bond donors (Lipinski definition) is 4. The van der Waals surface area contributed by atoms with E-state index in [1.54, 1.807) is 26.3 Å². The fraction of sp³-hybridized carbons (Fsp3) is 0.381. The Balaban J connectivity index is 0.00000341. The SMILES string of the molecule is COCCn1c(-c2c[nH]c(=O)c(C)c2)nc2cc(CNC(C(=O)O)C(C)O)ccc21.Cl. The Labute approximate surface area is 185 Å². The number of imidazole rings is 1. The first-order valence-corrected chi connectivity index (χ1v) is 9.64. The summed E-state index contributed by atoms with van der Waals surface area (Å²) in [5.41, 5.74) is 3.74. The van der Waals surface area contributed by atoms with Crippen LogP contribution in [0.25, 0.3) is 22.4 Å². The number of aliphatic hydroxyl groups is 1. The Kier molecular flexibility index (Phi) is 8.35. The quantitative estimate of drug-likeness (QED) is 0.390. The van der Waals surface area contributed by atoms with E-state index in [0.717, 1.165) is 22.2 Å². The summed E-state index contributed by atoms with van der Waals surface area (Å²) in [6.45, 7) is 4.54. The minimum atomic E-state index is -1.11. The summed E-state index contributed by atoms with van der Waals surface area (Å²) in [5.74, 6) is -0.399. The summed E-state index contributed by atoms with van der Waals surface area (Å²) in [7, 11) is 1.63. The predicted molar refractivity (Wildman–Crippen MR) is 120 cm³/mol. The number of benzene rings is 1. The van der Waals surface area contributed by atoms with Crippen molar-refractivity contribution in [3.63, 3.8) is 0 Å². The summed E-state index contributed by atoms with van der Waals surface area (Å²) in [6.07, 6.45) is 0.622. The number of halogens is 1. The lowest BCUT2D eigenvalue weighted by atomic mass is 10.1. The molecule has 0 radical (unpaired) electrons. The molecule has 9 nitrogen and oxygen atoms in total. The monoisotopic (exact) mass is 450 g/mol. The maximum Gasteiger partial charge on any atom is 0.323 e. The number of ether oxygens (including phenoxy) is 1. The first-order chi connectivity index (χ1) is 14.3. The van der Waals surface area contributed by atoms with Gasteiger partial charge in [0.15, 0.2) is 0 Å². The zero-order valence-corrected chi connectivity index (χ0v) is 18.4. The number of H-pyrrole nitrogens is 1. The molecule has 2 heterocycles. The standard InChI is InChI=1S/C21H26N4O5.ClH/c1-12-8-15(11-23-20(12)27)19-24-16-9-14(10-22-18(13(2)26)21(28)29)4-5-17(16)25(19)6-7-30-3;/h4-5,8-9,11,13,18,22,26H,6-7,10H2,1-3H3,(H,23,27)(H,28,29);1H. The van der Waals surface area contributed by atoms with Gasteiger partial charge in [-0.3, -0.25) is 14.9 Å². The van der Waals surface area contributed by atoms with E-state index in [-0.39, 0.29) is 24.5 Å². The number of carboxylic acid groups (broad SMARTS) is 1. The van der Waals surface area contributed by atoms with Gasteiger partial charge in [-0.25, -0.2) is 4.98 Å². The summed E-state index contributed by atoms with van der Waals surface area (Å²) >= 11 is 0. The number of nitrogens with zero attached hydrogens (tertiary/aromatic N) is 2. The highest BCUT2D eigenvalue weighted by Gasteiger charge is 2.22. The van der Waals surface area contributed by atoms with Crippen molar-refractivity contribution in [2.75, 3.05) is 13.7 Å². The summed E-state index contributed by atoms with van der Waals surface area (Å²) in [5, 5.41) is 21.7. The normalized spacial score (nSPS) is 13.0. The van der Waals surface area contributed by atoms with Gasteiger partial charge >= 0.3 is 5.97 Å².